The Kier molecular flexibility index (Phi) is 5.48. The normalized spacial score (nSPS) is 12.1. The number of ether oxygens (including phenoxy) is 2. The minimum absolute atomic E-state index is 0.00741. The van der Waals surface area contributed by atoms with Crippen molar-refractivity contribution in [3.8, 4) is 18.1 Å². The molecule has 0 fully saturated rings. The Bertz CT molecular complexity index is 522. The summed E-state index contributed by atoms with van der Waals surface area (Å²) in [5.74, 6) is 3.41. The van der Waals surface area contributed by atoms with Gasteiger partial charge in [-0.25, -0.2) is 0 Å². The third kappa shape index (κ3) is 4.51. The van der Waals surface area contributed by atoms with E-state index >= 15 is 0 Å². The van der Waals surface area contributed by atoms with Crippen LogP contribution >= 0.6 is 0 Å². The standard InChI is InChI=1S/C19H28O2/c1-9-10-21-13-14-11-15(18(2,3)4)12-16(17(14)20-8)19(5,6)7/h1,11-12H,10,13H2,2-8H3. The number of rotatable bonds is 4. The maximum absolute atomic E-state index is 5.67. The molecule has 0 aliphatic carbocycles. The molecule has 0 heterocycles. The molecule has 0 spiro atoms. The third-order valence-electron chi connectivity index (χ3n) is 3.49. The van der Waals surface area contributed by atoms with Gasteiger partial charge < -0.3 is 9.47 Å². The van der Waals surface area contributed by atoms with Gasteiger partial charge in [0.05, 0.1) is 13.7 Å². The molecule has 0 amide bonds. The summed E-state index contributed by atoms with van der Waals surface area (Å²) in [6.07, 6.45) is 5.26. The Morgan fingerprint density at radius 1 is 1.05 bits per heavy atom. The fraction of sp³-hybridized carbons (Fsp3) is 0.579. The molecule has 21 heavy (non-hydrogen) atoms. The SMILES string of the molecule is C#CCOCc1cc(C(C)(C)C)cc(C(C)(C)C)c1OC. The zero-order chi connectivity index (χ0) is 16.3. The van der Waals surface area contributed by atoms with Crippen LogP contribution in [-0.4, -0.2) is 13.7 Å². The van der Waals surface area contributed by atoms with E-state index in [1.807, 2.05) is 0 Å². The summed E-state index contributed by atoms with van der Waals surface area (Å²) in [5.41, 5.74) is 3.63. The molecule has 0 aliphatic heterocycles. The van der Waals surface area contributed by atoms with Crippen LogP contribution in [0.5, 0.6) is 5.75 Å². The number of benzene rings is 1. The third-order valence-corrected chi connectivity index (χ3v) is 3.49. The van der Waals surface area contributed by atoms with Crippen molar-refractivity contribution in [2.24, 2.45) is 0 Å². The molecular weight excluding hydrogens is 260 g/mol. The summed E-state index contributed by atoms with van der Waals surface area (Å²) in [6.45, 7) is 14.0. The highest BCUT2D eigenvalue weighted by Crippen LogP contribution is 2.38. The predicted octanol–water partition coefficient (Wildman–Crippen LogP) is 4.44. The first-order chi connectivity index (χ1) is 9.61. The van der Waals surface area contributed by atoms with Crippen molar-refractivity contribution in [1.29, 1.82) is 0 Å². The first kappa shape index (κ1) is 17.6. The van der Waals surface area contributed by atoms with Crippen LogP contribution in [-0.2, 0) is 22.2 Å². The van der Waals surface area contributed by atoms with Crippen LogP contribution in [0, 0.1) is 12.3 Å². The minimum Gasteiger partial charge on any atom is -0.496 e. The van der Waals surface area contributed by atoms with E-state index in [0.29, 0.717) is 13.2 Å². The van der Waals surface area contributed by atoms with Gasteiger partial charge in [-0.2, -0.15) is 0 Å². The van der Waals surface area contributed by atoms with E-state index in [2.05, 4.69) is 59.6 Å². The molecule has 0 unspecified atom stereocenters. The van der Waals surface area contributed by atoms with Crippen LogP contribution in [0.25, 0.3) is 0 Å². The van der Waals surface area contributed by atoms with Crippen molar-refractivity contribution < 1.29 is 9.47 Å². The number of methoxy groups -OCH3 is 1. The summed E-state index contributed by atoms with van der Waals surface area (Å²) in [7, 11) is 1.71. The van der Waals surface area contributed by atoms with Crippen LogP contribution in [0.4, 0.5) is 0 Å². The van der Waals surface area contributed by atoms with Gasteiger partial charge in [-0.05, 0) is 22.5 Å². The van der Waals surface area contributed by atoms with Crippen molar-refractivity contribution >= 4 is 0 Å². The van der Waals surface area contributed by atoms with E-state index in [4.69, 9.17) is 15.9 Å². The summed E-state index contributed by atoms with van der Waals surface area (Å²) >= 11 is 0. The Labute approximate surface area is 129 Å². The highest BCUT2D eigenvalue weighted by molar-refractivity contribution is 5.49. The predicted molar refractivity (Wildman–Crippen MR) is 88.9 cm³/mol. The molecule has 0 saturated carbocycles. The Morgan fingerprint density at radius 3 is 2.10 bits per heavy atom. The van der Waals surface area contributed by atoms with Crippen molar-refractivity contribution in [3.63, 3.8) is 0 Å². The molecule has 0 atom stereocenters. The van der Waals surface area contributed by atoms with Crippen LogP contribution in [0.1, 0.15) is 58.2 Å². The second-order valence-electron chi connectivity index (χ2n) is 7.41. The minimum atomic E-state index is 0.00741. The molecule has 1 rings (SSSR count). The van der Waals surface area contributed by atoms with Crippen LogP contribution in [0.3, 0.4) is 0 Å². The largest absolute Gasteiger partial charge is 0.496 e. The first-order valence-corrected chi connectivity index (χ1v) is 7.34. The zero-order valence-corrected chi connectivity index (χ0v) is 14.5. The lowest BCUT2D eigenvalue weighted by Gasteiger charge is -2.28. The van der Waals surface area contributed by atoms with Crippen LogP contribution < -0.4 is 4.74 Å². The average molecular weight is 288 g/mol. The van der Waals surface area contributed by atoms with Gasteiger partial charge in [-0.3, -0.25) is 0 Å². The van der Waals surface area contributed by atoms with Gasteiger partial charge in [0.15, 0.2) is 0 Å². The average Bonchev–Trinajstić information content (AvgIpc) is 2.35. The fourth-order valence-electron chi connectivity index (χ4n) is 2.25. The summed E-state index contributed by atoms with van der Waals surface area (Å²) in [4.78, 5) is 0. The molecular formula is C19H28O2. The second kappa shape index (κ2) is 6.54. The van der Waals surface area contributed by atoms with Crippen molar-refractivity contribution in [2.75, 3.05) is 13.7 Å². The maximum atomic E-state index is 5.67. The number of hydrogen-bond donors (Lipinski definition) is 0. The molecule has 1 aromatic rings. The van der Waals surface area contributed by atoms with Crippen LogP contribution in [0.15, 0.2) is 12.1 Å². The van der Waals surface area contributed by atoms with E-state index in [1.54, 1.807) is 7.11 Å². The van der Waals surface area contributed by atoms with Crippen molar-refractivity contribution in [1.82, 2.24) is 0 Å². The molecule has 2 heteroatoms. The monoisotopic (exact) mass is 288 g/mol. The van der Waals surface area contributed by atoms with E-state index < -0.39 is 0 Å². The molecule has 0 N–H and O–H groups in total. The number of hydrogen-bond acceptors (Lipinski definition) is 2. The molecule has 0 radical (unpaired) electrons. The molecule has 0 saturated heterocycles. The lowest BCUT2D eigenvalue weighted by atomic mass is 9.79. The molecule has 116 valence electrons. The lowest BCUT2D eigenvalue weighted by molar-refractivity contribution is 0.150. The van der Waals surface area contributed by atoms with Crippen LogP contribution in [0.2, 0.25) is 0 Å². The number of terminal acetylenes is 1. The first-order valence-electron chi connectivity index (χ1n) is 7.34. The second-order valence-corrected chi connectivity index (χ2v) is 7.41. The lowest BCUT2D eigenvalue weighted by Crippen LogP contribution is -2.19. The zero-order valence-electron chi connectivity index (χ0n) is 14.5. The topological polar surface area (TPSA) is 18.5 Å². The Hall–Kier alpha value is -1.46. The van der Waals surface area contributed by atoms with E-state index in [-0.39, 0.29) is 10.8 Å². The van der Waals surface area contributed by atoms with Gasteiger partial charge in [0.2, 0.25) is 0 Å². The van der Waals surface area contributed by atoms with Gasteiger partial charge in [0, 0.05) is 11.1 Å². The molecule has 1 aromatic carbocycles. The molecule has 0 bridgehead atoms. The van der Waals surface area contributed by atoms with Crippen molar-refractivity contribution in [2.45, 2.75) is 59.0 Å². The summed E-state index contributed by atoms with van der Waals surface area (Å²) in [5, 5.41) is 0. The van der Waals surface area contributed by atoms with E-state index in [9.17, 15) is 0 Å². The van der Waals surface area contributed by atoms with Gasteiger partial charge in [0.25, 0.3) is 0 Å². The van der Waals surface area contributed by atoms with Gasteiger partial charge >= 0.3 is 0 Å². The van der Waals surface area contributed by atoms with Crippen molar-refractivity contribution in [3.05, 3.63) is 28.8 Å². The molecule has 2 nitrogen and oxygen atoms in total. The summed E-state index contributed by atoms with van der Waals surface area (Å²) in [6, 6.07) is 4.42. The Balaban J connectivity index is 3.42. The highest BCUT2D eigenvalue weighted by atomic mass is 16.5. The highest BCUT2D eigenvalue weighted by Gasteiger charge is 2.25. The van der Waals surface area contributed by atoms with E-state index in [1.165, 1.54) is 11.1 Å². The smallest absolute Gasteiger partial charge is 0.128 e. The van der Waals surface area contributed by atoms with Gasteiger partial charge in [-0.15, -0.1) is 6.42 Å². The summed E-state index contributed by atoms with van der Waals surface area (Å²) < 4.78 is 11.2. The molecule has 0 aliphatic rings. The quantitative estimate of drug-likeness (QED) is 0.602. The maximum Gasteiger partial charge on any atom is 0.128 e. The van der Waals surface area contributed by atoms with Gasteiger partial charge in [-0.1, -0.05) is 53.5 Å². The fourth-order valence-corrected chi connectivity index (χ4v) is 2.25. The van der Waals surface area contributed by atoms with Gasteiger partial charge in [0.1, 0.15) is 12.4 Å². The Morgan fingerprint density at radius 2 is 1.67 bits per heavy atom. The molecule has 0 aromatic heterocycles. The van der Waals surface area contributed by atoms with E-state index in [0.717, 1.165) is 11.3 Å².